The largest absolute Gasteiger partial charge is 0.346 e. The molecule has 13 heavy (non-hydrogen) atoms. The highest BCUT2D eigenvalue weighted by Crippen LogP contribution is 2.25. The maximum absolute atomic E-state index is 8.66. The lowest BCUT2D eigenvalue weighted by Gasteiger charge is -1.94. The van der Waals surface area contributed by atoms with Crippen LogP contribution in [-0.4, -0.2) is 4.98 Å². The van der Waals surface area contributed by atoms with Crippen LogP contribution in [0.2, 0.25) is 5.02 Å². The summed E-state index contributed by atoms with van der Waals surface area (Å²) in [7, 11) is 0. The van der Waals surface area contributed by atoms with E-state index < -0.39 is 0 Å². The van der Waals surface area contributed by atoms with Crippen LogP contribution in [0.1, 0.15) is 5.69 Å². The van der Waals surface area contributed by atoms with Gasteiger partial charge in [0, 0.05) is 14.5 Å². The van der Waals surface area contributed by atoms with Gasteiger partial charge in [0.25, 0.3) is 0 Å². The summed E-state index contributed by atoms with van der Waals surface area (Å²) in [5.41, 5.74) is 1.47. The van der Waals surface area contributed by atoms with Crippen molar-refractivity contribution in [3.63, 3.8) is 0 Å². The van der Waals surface area contributed by atoms with E-state index in [-0.39, 0.29) is 0 Å². The second-order valence-corrected chi connectivity index (χ2v) is 4.22. The van der Waals surface area contributed by atoms with E-state index in [0.29, 0.717) is 10.7 Å². The molecule has 0 atom stereocenters. The molecule has 0 fully saturated rings. The van der Waals surface area contributed by atoms with Crippen LogP contribution in [0, 0.1) is 14.9 Å². The van der Waals surface area contributed by atoms with Crippen LogP contribution in [-0.2, 0) is 0 Å². The predicted octanol–water partition coefficient (Wildman–Crippen LogP) is 3.30. The van der Waals surface area contributed by atoms with Gasteiger partial charge in [-0.15, -0.1) is 0 Å². The molecule has 0 bridgehead atoms. The van der Waals surface area contributed by atoms with Crippen molar-refractivity contribution < 1.29 is 0 Å². The number of nitriles is 1. The predicted molar refractivity (Wildman–Crippen MR) is 60.7 cm³/mol. The summed E-state index contributed by atoms with van der Waals surface area (Å²) in [6, 6.07) is 7.65. The van der Waals surface area contributed by atoms with Crippen LogP contribution in [0.5, 0.6) is 0 Å². The van der Waals surface area contributed by atoms with E-state index in [1.54, 1.807) is 0 Å². The number of hydrogen-bond acceptors (Lipinski definition) is 1. The lowest BCUT2D eigenvalue weighted by atomic mass is 10.2. The van der Waals surface area contributed by atoms with Gasteiger partial charge in [0.1, 0.15) is 11.8 Å². The van der Waals surface area contributed by atoms with E-state index >= 15 is 0 Å². The van der Waals surface area contributed by atoms with Gasteiger partial charge in [-0.2, -0.15) is 5.26 Å². The molecule has 4 heteroatoms. The lowest BCUT2D eigenvalue weighted by molar-refractivity contribution is 1.37. The second-order valence-electron chi connectivity index (χ2n) is 2.65. The number of hydrogen-bond donors (Lipinski definition) is 1. The Balaban J connectivity index is 2.79. The number of nitrogens with one attached hydrogen (secondary N) is 1. The maximum Gasteiger partial charge on any atom is 0.118 e. The number of benzene rings is 1. The molecule has 0 radical (unpaired) electrons. The molecule has 0 saturated carbocycles. The smallest absolute Gasteiger partial charge is 0.118 e. The van der Waals surface area contributed by atoms with Crippen molar-refractivity contribution in [2.45, 2.75) is 0 Å². The first-order valence-electron chi connectivity index (χ1n) is 3.58. The second kappa shape index (κ2) is 3.20. The molecule has 0 saturated heterocycles. The molecule has 1 aromatic heterocycles. The summed E-state index contributed by atoms with van der Waals surface area (Å²) in [6.07, 6.45) is 0. The summed E-state index contributed by atoms with van der Waals surface area (Å²) in [5.74, 6) is 0. The highest BCUT2D eigenvalue weighted by atomic mass is 127. The van der Waals surface area contributed by atoms with Crippen LogP contribution < -0.4 is 0 Å². The third kappa shape index (κ3) is 1.52. The van der Waals surface area contributed by atoms with Crippen LogP contribution in [0.4, 0.5) is 0 Å². The van der Waals surface area contributed by atoms with Gasteiger partial charge in [0.15, 0.2) is 0 Å². The van der Waals surface area contributed by atoms with Crippen molar-refractivity contribution in [1.82, 2.24) is 4.98 Å². The van der Waals surface area contributed by atoms with E-state index in [4.69, 9.17) is 16.9 Å². The van der Waals surface area contributed by atoms with Gasteiger partial charge in [-0.25, -0.2) is 0 Å². The van der Waals surface area contributed by atoms with E-state index in [0.717, 1.165) is 14.5 Å². The molecule has 1 aromatic carbocycles. The summed E-state index contributed by atoms with van der Waals surface area (Å²) in [6.45, 7) is 0. The first kappa shape index (κ1) is 8.85. The molecule has 0 aliphatic carbocycles. The third-order valence-electron chi connectivity index (χ3n) is 1.78. The highest BCUT2D eigenvalue weighted by Gasteiger charge is 2.03. The SMILES string of the molecule is N#Cc1cc2cc(I)c(Cl)cc2[nH]1. The molecule has 0 spiro atoms. The Morgan fingerprint density at radius 2 is 2.15 bits per heavy atom. The Morgan fingerprint density at radius 1 is 1.38 bits per heavy atom. The molecule has 0 aliphatic rings. The minimum Gasteiger partial charge on any atom is -0.346 e. The van der Waals surface area contributed by atoms with Crippen LogP contribution in [0.15, 0.2) is 18.2 Å². The standard InChI is InChI=1S/C9H4ClIN2/c10-7-3-9-5(2-8(7)11)1-6(4-12)13-9/h1-3,13H. The maximum atomic E-state index is 8.66. The normalized spacial score (nSPS) is 10.2. The molecule has 0 amide bonds. The molecule has 0 unspecified atom stereocenters. The molecular formula is C9H4ClIN2. The Bertz CT molecular complexity index is 471. The number of H-pyrrole nitrogens is 1. The van der Waals surface area contributed by atoms with Gasteiger partial charge in [0.2, 0.25) is 0 Å². The molecular weight excluding hydrogens is 298 g/mol. The molecule has 0 aliphatic heterocycles. The number of aromatic amines is 1. The van der Waals surface area contributed by atoms with Gasteiger partial charge in [-0.1, -0.05) is 11.6 Å². The van der Waals surface area contributed by atoms with Crippen molar-refractivity contribution in [3.05, 3.63) is 32.5 Å². The summed E-state index contributed by atoms with van der Waals surface area (Å²) >= 11 is 8.09. The minimum absolute atomic E-state index is 0.563. The molecule has 2 rings (SSSR count). The molecule has 1 N–H and O–H groups in total. The zero-order valence-electron chi connectivity index (χ0n) is 6.44. The summed E-state index contributed by atoms with van der Waals surface area (Å²) in [5, 5.41) is 10.4. The monoisotopic (exact) mass is 302 g/mol. The van der Waals surface area contributed by atoms with Crippen LogP contribution in [0.25, 0.3) is 10.9 Å². The van der Waals surface area contributed by atoms with Crippen molar-refractivity contribution in [1.29, 1.82) is 5.26 Å². The average Bonchev–Trinajstić information content (AvgIpc) is 2.48. The minimum atomic E-state index is 0.563. The number of rotatable bonds is 0. The highest BCUT2D eigenvalue weighted by molar-refractivity contribution is 14.1. The Kier molecular flexibility index (Phi) is 2.18. The van der Waals surface area contributed by atoms with E-state index in [2.05, 4.69) is 33.6 Å². The topological polar surface area (TPSA) is 39.6 Å². The van der Waals surface area contributed by atoms with E-state index in [9.17, 15) is 0 Å². The van der Waals surface area contributed by atoms with Crippen molar-refractivity contribution in [3.8, 4) is 6.07 Å². The molecule has 2 nitrogen and oxygen atoms in total. The van der Waals surface area contributed by atoms with Gasteiger partial charge >= 0.3 is 0 Å². The van der Waals surface area contributed by atoms with Gasteiger partial charge in [-0.3, -0.25) is 0 Å². The van der Waals surface area contributed by atoms with Gasteiger partial charge < -0.3 is 4.98 Å². The fourth-order valence-corrected chi connectivity index (χ4v) is 1.84. The van der Waals surface area contributed by atoms with Crippen molar-refractivity contribution in [2.24, 2.45) is 0 Å². The fraction of sp³-hybridized carbons (Fsp3) is 0. The zero-order chi connectivity index (χ0) is 9.42. The Hall–Kier alpha value is -0.730. The van der Waals surface area contributed by atoms with Crippen molar-refractivity contribution in [2.75, 3.05) is 0 Å². The molecule has 1 heterocycles. The van der Waals surface area contributed by atoms with Crippen molar-refractivity contribution >= 4 is 45.1 Å². The Labute approximate surface area is 93.6 Å². The summed E-state index contributed by atoms with van der Waals surface area (Å²) in [4.78, 5) is 2.96. The number of nitrogens with zero attached hydrogens (tertiary/aromatic N) is 1. The Morgan fingerprint density at radius 3 is 2.85 bits per heavy atom. The van der Waals surface area contributed by atoms with Crippen LogP contribution >= 0.6 is 34.2 Å². The number of fused-ring (bicyclic) bond motifs is 1. The van der Waals surface area contributed by atoms with Gasteiger partial charge in [0.05, 0.1) is 5.02 Å². The third-order valence-corrected chi connectivity index (χ3v) is 3.31. The first-order valence-corrected chi connectivity index (χ1v) is 5.04. The van der Waals surface area contributed by atoms with Gasteiger partial charge in [-0.05, 0) is 40.8 Å². The summed E-state index contributed by atoms with van der Waals surface area (Å²) < 4.78 is 0.996. The number of halogens is 2. The first-order chi connectivity index (χ1) is 6.20. The fourth-order valence-electron chi connectivity index (χ4n) is 1.19. The molecule has 2 aromatic rings. The average molecular weight is 303 g/mol. The quantitative estimate of drug-likeness (QED) is 0.745. The van der Waals surface area contributed by atoms with Crippen LogP contribution in [0.3, 0.4) is 0 Å². The number of aromatic nitrogens is 1. The van der Waals surface area contributed by atoms with E-state index in [1.165, 1.54) is 0 Å². The molecule has 64 valence electrons. The lowest BCUT2D eigenvalue weighted by Crippen LogP contribution is -1.74. The van der Waals surface area contributed by atoms with E-state index in [1.807, 2.05) is 18.2 Å². The zero-order valence-corrected chi connectivity index (χ0v) is 9.35.